The first-order chi connectivity index (χ1) is 15.8. The first kappa shape index (κ1) is 26.7. The summed E-state index contributed by atoms with van der Waals surface area (Å²) >= 11 is 0. The number of hydrogen-bond acceptors (Lipinski definition) is 8. The minimum Gasteiger partial charge on any atom is -0.456 e. The number of hydrogen-bond donors (Lipinski definition) is 0. The Labute approximate surface area is 202 Å². The largest absolute Gasteiger partial charge is 0.456 e. The molecular weight excluding hydrogens is 440 g/mol. The molecule has 1 heterocycles. The quantitative estimate of drug-likeness (QED) is 0.318. The van der Waals surface area contributed by atoms with Crippen LogP contribution in [-0.2, 0) is 38.1 Å². The molecule has 0 amide bonds. The summed E-state index contributed by atoms with van der Waals surface area (Å²) in [5.41, 5.74) is 1.20. The van der Waals surface area contributed by atoms with Gasteiger partial charge in [0.2, 0.25) is 0 Å². The fourth-order valence-corrected chi connectivity index (χ4v) is 6.01. The van der Waals surface area contributed by atoms with Gasteiger partial charge in [-0.1, -0.05) is 18.6 Å². The number of carbonyl (C=O) groups excluding carboxylic acids is 3. The zero-order valence-electron chi connectivity index (χ0n) is 21.6. The van der Waals surface area contributed by atoms with E-state index in [0.29, 0.717) is 11.3 Å². The first-order valence-electron chi connectivity index (χ1n) is 12.3. The van der Waals surface area contributed by atoms with Gasteiger partial charge in [-0.2, -0.15) is 0 Å². The minimum absolute atomic E-state index is 0.0384. The van der Waals surface area contributed by atoms with Crippen molar-refractivity contribution in [1.29, 1.82) is 0 Å². The van der Waals surface area contributed by atoms with Crippen molar-refractivity contribution in [2.45, 2.75) is 111 Å². The lowest BCUT2D eigenvalue weighted by Gasteiger charge is -2.52. The molecule has 0 aromatic heterocycles. The first-order valence-corrected chi connectivity index (χ1v) is 12.3. The zero-order valence-corrected chi connectivity index (χ0v) is 21.6. The molecule has 0 aromatic rings. The van der Waals surface area contributed by atoms with Gasteiger partial charge in [0.05, 0.1) is 12.2 Å². The average molecular weight is 481 g/mol. The third kappa shape index (κ3) is 6.00. The summed E-state index contributed by atoms with van der Waals surface area (Å²) in [5, 5.41) is 0. The highest BCUT2D eigenvalue weighted by Crippen LogP contribution is 2.54. The van der Waals surface area contributed by atoms with Crippen molar-refractivity contribution in [3.8, 4) is 0 Å². The van der Waals surface area contributed by atoms with E-state index in [9.17, 15) is 14.4 Å². The van der Waals surface area contributed by atoms with Crippen LogP contribution in [0.1, 0.15) is 80.6 Å². The molecular formula is C26H40O8. The number of allylic oxidation sites excluding steroid dienone is 2. The van der Waals surface area contributed by atoms with E-state index in [4.69, 9.17) is 23.7 Å². The molecule has 2 aliphatic carbocycles. The van der Waals surface area contributed by atoms with Crippen molar-refractivity contribution in [2.75, 3.05) is 6.61 Å². The second kappa shape index (κ2) is 10.4. The average Bonchev–Trinajstić information content (AvgIpc) is 2.70. The lowest BCUT2D eigenvalue weighted by atomic mass is 9.56. The van der Waals surface area contributed by atoms with Gasteiger partial charge < -0.3 is 23.7 Å². The van der Waals surface area contributed by atoms with E-state index in [-0.39, 0.29) is 12.5 Å². The summed E-state index contributed by atoms with van der Waals surface area (Å²) in [6.07, 6.45) is 3.93. The predicted molar refractivity (Wildman–Crippen MR) is 123 cm³/mol. The van der Waals surface area contributed by atoms with Crippen LogP contribution in [0.3, 0.4) is 0 Å². The number of rotatable bonds is 6. The maximum atomic E-state index is 11.9. The standard InChI is InChI=1S/C26H40O8/c1-15-9-8-11-26(7)12-10-19(13-20(15)26)25(5,6)34-24-23(33-18(4)29)22(32-17(3)28)21(14-30-24)31-16(2)27/h9,19-24H,8,10-14H2,1-7H3/t19-,20+,21-,22+,23-,24+,26-/m1/s1. The van der Waals surface area contributed by atoms with E-state index in [1.807, 2.05) is 13.8 Å². The Balaban J connectivity index is 1.80. The van der Waals surface area contributed by atoms with Gasteiger partial charge in [-0.25, -0.2) is 0 Å². The molecule has 1 aliphatic heterocycles. The second-order valence-corrected chi connectivity index (χ2v) is 10.9. The molecule has 3 aliphatic rings. The van der Waals surface area contributed by atoms with Crippen molar-refractivity contribution < 1.29 is 38.1 Å². The van der Waals surface area contributed by atoms with Gasteiger partial charge in [-0.3, -0.25) is 14.4 Å². The SMILES string of the molecule is CC(=O)O[C@@H]1[C@@H](OC(C)=O)[C@H](OC(C)(C)[C@@H]2CC[C@@]3(C)CCC=C(C)[C@@H]3C2)OC[C@H]1OC(C)=O. The normalized spacial score (nSPS) is 36.0. The maximum Gasteiger partial charge on any atom is 0.303 e. The van der Waals surface area contributed by atoms with Gasteiger partial charge in [0.15, 0.2) is 24.6 Å². The fourth-order valence-electron chi connectivity index (χ4n) is 6.01. The lowest BCUT2D eigenvalue weighted by Crippen LogP contribution is -2.60. The zero-order chi connectivity index (χ0) is 25.3. The Kier molecular flexibility index (Phi) is 8.13. The summed E-state index contributed by atoms with van der Waals surface area (Å²) in [7, 11) is 0. The van der Waals surface area contributed by atoms with E-state index >= 15 is 0 Å². The van der Waals surface area contributed by atoms with Crippen molar-refractivity contribution >= 4 is 17.9 Å². The smallest absolute Gasteiger partial charge is 0.303 e. The third-order valence-corrected chi connectivity index (χ3v) is 7.86. The molecule has 0 radical (unpaired) electrons. The molecule has 0 bridgehead atoms. The minimum atomic E-state index is -1.07. The monoisotopic (exact) mass is 480 g/mol. The number of carbonyl (C=O) groups is 3. The van der Waals surface area contributed by atoms with E-state index in [2.05, 4.69) is 19.9 Å². The van der Waals surface area contributed by atoms with Gasteiger partial charge in [0.1, 0.15) is 0 Å². The Bertz CT molecular complexity index is 818. The number of fused-ring (bicyclic) bond motifs is 1. The van der Waals surface area contributed by atoms with Crippen LogP contribution in [0.5, 0.6) is 0 Å². The summed E-state index contributed by atoms with van der Waals surface area (Å²) in [4.78, 5) is 35.3. The fraction of sp³-hybridized carbons (Fsp3) is 0.808. The Morgan fingerprint density at radius 2 is 1.62 bits per heavy atom. The highest BCUT2D eigenvalue weighted by Gasteiger charge is 2.51. The van der Waals surface area contributed by atoms with E-state index < -0.39 is 48.1 Å². The Morgan fingerprint density at radius 3 is 2.24 bits per heavy atom. The van der Waals surface area contributed by atoms with Crippen LogP contribution >= 0.6 is 0 Å². The molecule has 192 valence electrons. The summed E-state index contributed by atoms with van der Waals surface area (Å²) in [6.45, 7) is 12.5. The third-order valence-electron chi connectivity index (χ3n) is 7.86. The van der Waals surface area contributed by atoms with Crippen LogP contribution in [0.4, 0.5) is 0 Å². The molecule has 2 fully saturated rings. The molecule has 0 aromatic carbocycles. The molecule has 0 unspecified atom stereocenters. The van der Waals surface area contributed by atoms with Crippen LogP contribution in [0, 0.1) is 17.3 Å². The van der Waals surface area contributed by atoms with Gasteiger partial charge in [-0.05, 0) is 70.1 Å². The highest BCUT2D eigenvalue weighted by atomic mass is 16.7. The van der Waals surface area contributed by atoms with Crippen LogP contribution in [-0.4, -0.2) is 54.7 Å². The van der Waals surface area contributed by atoms with Crippen LogP contribution in [0.15, 0.2) is 11.6 Å². The van der Waals surface area contributed by atoms with Gasteiger partial charge >= 0.3 is 17.9 Å². The summed E-state index contributed by atoms with van der Waals surface area (Å²) in [6, 6.07) is 0. The van der Waals surface area contributed by atoms with Gasteiger partial charge in [-0.15, -0.1) is 0 Å². The summed E-state index contributed by atoms with van der Waals surface area (Å²) in [5.74, 6) is -0.913. The molecule has 0 N–H and O–H groups in total. The maximum absolute atomic E-state index is 11.9. The molecule has 34 heavy (non-hydrogen) atoms. The van der Waals surface area contributed by atoms with Crippen molar-refractivity contribution in [2.24, 2.45) is 17.3 Å². The molecule has 1 saturated heterocycles. The van der Waals surface area contributed by atoms with E-state index in [1.54, 1.807) is 0 Å². The van der Waals surface area contributed by atoms with Gasteiger partial charge in [0, 0.05) is 20.8 Å². The van der Waals surface area contributed by atoms with Crippen molar-refractivity contribution in [3.05, 3.63) is 11.6 Å². The molecule has 8 heteroatoms. The Morgan fingerprint density at radius 1 is 1.00 bits per heavy atom. The topological polar surface area (TPSA) is 97.4 Å². The lowest BCUT2D eigenvalue weighted by molar-refractivity contribution is -0.310. The van der Waals surface area contributed by atoms with Crippen molar-refractivity contribution in [3.63, 3.8) is 0 Å². The van der Waals surface area contributed by atoms with E-state index in [0.717, 1.165) is 25.7 Å². The predicted octanol–water partition coefficient (Wildman–Crippen LogP) is 4.10. The highest BCUT2D eigenvalue weighted by molar-refractivity contribution is 5.68. The second-order valence-electron chi connectivity index (χ2n) is 10.9. The molecule has 1 saturated carbocycles. The van der Waals surface area contributed by atoms with Crippen LogP contribution < -0.4 is 0 Å². The Hall–Kier alpha value is -1.93. The number of esters is 3. The van der Waals surface area contributed by atoms with Gasteiger partial charge in [0.25, 0.3) is 0 Å². The summed E-state index contributed by atoms with van der Waals surface area (Å²) < 4.78 is 28.7. The molecule has 7 atom stereocenters. The van der Waals surface area contributed by atoms with Crippen LogP contribution in [0.2, 0.25) is 0 Å². The molecule has 3 rings (SSSR count). The number of ether oxygens (including phenoxy) is 5. The molecule has 0 spiro atoms. The molecule has 8 nitrogen and oxygen atoms in total. The van der Waals surface area contributed by atoms with Crippen LogP contribution in [0.25, 0.3) is 0 Å². The van der Waals surface area contributed by atoms with Crippen molar-refractivity contribution in [1.82, 2.24) is 0 Å². The van der Waals surface area contributed by atoms with E-state index in [1.165, 1.54) is 32.8 Å².